The van der Waals surface area contributed by atoms with Crippen molar-refractivity contribution in [2.45, 2.75) is 95.1 Å². The predicted molar refractivity (Wildman–Crippen MR) is 220 cm³/mol. The number of hydrogen-bond acceptors (Lipinski definition) is 10. The van der Waals surface area contributed by atoms with Gasteiger partial charge in [-0.1, -0.05) is 72.8 Å². The van der Waals surface area contributed by atoms with Crippen molar-refractivity contribution in [2.24, 2.45) is 0 Å². The topological polar surface area (TPSA) is 213 Å². The summed E-state index contributed by atoms with van der Waals surface area (Å²) in [4.78, 5) is 95.0. The zero-order valence-electron chi connectivity index (χ0n) is 34.3. The van der Waals surface area contributed by atoms with Gasteiger partial charge in [0.05, 0.1) is 18.8 Å². The number of hydrogen-bond donors (Lipinski definition) is 5. The van der Waals surface area contributed by atoms with E-state index in [-0.39, 0.29) is 49.7 Å². The number of nitrogens with zero attached hydrogens (tertiary/aromatic N) is 2. The third kappa shape index (κ3) is 12.1. The first-order valence-corrected chi connectivity index (χ1v) is 20.0. The van der Waals surface area contributed by atoms with Crippen LogP contribution in [0.2, 0.25) is 0 Å². The summed E-state index contributed by atoms with van der Waals surface area (Å²) < 4.78 is 10.5. The maximum absolute atomic E-state index is 13.9. The van der Waals surface area contributed by atoms with Crippen LogP contribution in [0.1, 0.15) is 57.6 Å². The molecule has 60 heavy (non-hydrogen) atoms. The molecule has 0 bridgehead atoms. The van der Waals surface area contributed by atoms with Crippen molar-refractivity contribution in [2.75, 3.05) is 32.1 Å². The molecule has 0 saturated carbocycles. The molecule has 0 spiro atoms. The maximum Gasteiger partial charge on any atom is 0.396 e. The third-order valence-electron chi connectivity index (χ3n) is 10.2. The van der Waals surface area contributed by atoms with Crippen LogP contribution in [0.25, 0.3) is 0 Å². The molecule has 5 atom stereocenters. The van der Waals surface area contributed by atoms with Gasteiger partial charge in [0.15, 0.2) is 12.7 Å². The van der Waals surface area contributed by atoms with Crippen molar-refractivity contribution in [1.82, 2.24) is 25.8 Å². The molecule has 5 N–H and O–H groups in total. The molecule has 16 nitrogen and oxygen atoms in total. The highest BCUT2D eigenvalue weighted by molar-refractivity contribution is 6.32. The summed E-state index contributed by atoms with van der Waals surface area (Å²) in [6.07, 6.45) is 0.292. The summed E-state index contributed by atoms with van der Waals surface area (Å²) in [7, 11) is 1.08. The van der Waals surface area contributed by atoms with Crippen molar-refractivity contribution in [3.63, 3.8) is 0 Å². The number of nitrogens with one attached hydrogen (secondary N) is 4. The number of esters is 1. The Kier molecular flexibility index (Phi) is 15.4. The Hall–Kier alpha value is -6.29. The van der Waals surface area contributed by atoms with Crippen LogP contribution in [0.5, 0.6) is 5.75 Å². The van der Waals surface area contributed by atoms with Gasteiger partial charge in [-0.2, -0.15) is 0 Å². The molecule has 320 valence electrons. The average molecular weight is 827 g/mol. The molecule has 0 aliphatic carbocycles. The largest absolute Gasteiger partial charge is 0.482 e. The van der Waals surface area contributed by atoms with Crippen LogP contribution in [0.3, 0.4) is 0 Å². The second-order valence-electron chi connectivity index (χ2n) is 15.9. The van der Waals surface area contributed by atoms with E-state index in [1.54, 1.807) is 72.8 Å². The van der Waals surface area contributed by atoms with Gasteiger partial charge in [-0.05, 0) is 76.1 Å². The first-order chi connectivity index (χ1) is 28.6. The minimum absolute atomic E-state index is 0.0881. The molecule has 3 aromatic rings. The second-order valence-corrected chi connectivity index (χ2v) is 15.9. The second kappa shape index (κ2) is 20.6. The molecular formula is C44H54N6O10. The van der Waals surface area contributed by atoms with Crippen LogP contribution >= 0.6 is 0 Å². The minimum atomic E-state index is -1.68. The first kappa shape index (κ1) is 44.8. The van der Waals surface area contributed by atoms with E-state index in [2.05, 4.69) is 26.0 Å². The van der Waals surface area contributed by atoms with E-state index < -0.39 is 77.9 Å². The lowest BCUT2D eigenvalue weighted by Crippen LogP contribution is -2.57. The summed E-state index contributed by atoms with van der Waals surface area (Å²) in [6.45, 7) is 5.42. The highest BCUT2D eigenvalue weighted by atomic mass is 16.5. The number of carbonyl (C=O) groups excluding carboxylic acids is 7. The van der Waals surface area contributed by atoms with Crippen LogP contribution in [0.4, 0.5) is 5.69 Å². The lowest BCUT2D eigenvalue weighted by Gasteiger charge is -2.32. The molecule has 0 radical (unpaired) electrons. The zero-order valence-corrected chi connectivity index (χ0v) is 34.3. The van der Waals surface area contributed by atoms with Crippen molar-refractivity contribution >= 4 is 47.1 Å². The van der Waals surface area contributed by atoms with E-state index >= 15 is 0 Å². The summed E-state index contributed by atoms with van der Waals surface area (Å²) in [5.74, 6) is -4.79. The molecule has 2 aliphatic rings. The Morgan fingerprint density at radius 3 is 1.93 bits per heavy atom. The van der Waals surface area contributed by atoms with E-state index in [9.17, 15) is 38.7 Å². The fraction of sp³-hybridized carbons (Fsp3) is 0.432. The van der Waals surface area contributed by atoms with Gasteiger partial charge >= 0.3 is 11.9 Å². The average Bonchev–Trinajstić information content (AvgIpc) is 3.93. The Bertz CT molecular complexity index is 2010. The Labute approximate surface area is 349 Å². The number of carbonyl (C=O) groups is 7. The standard InChI is InChI=1S/C44H54N6O10/c1-44(2,3)48-40(55)34-21-14-23-49(34)41(56)37(52)31(25-28-15-7-5-8-16-28)45-36(51)27-60-35-22-12-11-19-30(35)46-38(53)32(26-29-17-9-6-10-18-29)47-39(54)33-20-13-24-50(33)42(57)43(58)59-4/h5-12,15-19,22,31-34,37,52H,13-14,20-21,23-27H2,1-4H3,(H,45,51)(H,46,53)(H,47,54)(H,48,55)/t31-,32+,33-,34-,37-/m0/s1. The monoisotopic (exact) mass is 826 g/mol. The van der Waals surface area contributed by atoms with E-state index in [1.807, 2.05) is 32.9 Å². The quantitative estimate of drug-likeness (QED) is 0.111. The highest BCUT2D eigenvalue weighted by Crippen LogP contribution is 2.25. The number of para-hydroxylation sites is 2. The van der Waals surface area contributed by atoms with Gasteiger partial charge in [-0.3, -0.25) is 28.8 Å². The Morgan fingerprint density at radius 1 is 0.750 bits per heavy atom. The number of methoxy groups -OCH3 is 1. The third-order valence-corrected chi connectivity index (χ3v) is 10.2. The smallest absolute Gasteiger partial charge is 0.396 e. The van der Waals surface area contributed by atoms with Gasteiger partial charge in [0, 0.05) is 25.0 Å². The van der Waals surface area contributed by atoms with Gasteiger partial charge in [-0.25, -0.2) is 4.79 Å². The summed E-state index contributed by atoms with van der Waals surface area (Å²) in [5, 5.41) is 22.7. The fourth-order valence-electron chi connectivity index (χ4n) is 7.33. The van der Waals surface area contributed by atoms with Crippen LogP contribution in [-0.4, -0.2) is 119 Å². The molecule has 2 heterocycles. The molecule has 2 aliphatic heterocycles. The fourth-order valence-corrected chi connectivity index (χ4v) is 7.33. The van der Waals surface area contributed by atoms with E-state index in [4.69, 9.17) is 4.74 Å². The molecule has 3 aromatic carbocycles. The summed E-state index contributed by atoms with van der Waals surface area (Å²) in [6, 6.07) is 20.5. The van der Waals surface area contributed by atoms with Crippen molar-refractivity contribution in [3.8, 4) is 5.75 Å². The van der Waals surface area contributed by atoms with Crippen LogP contribution in [0.15, 0.2) is 84.9 Å². The number of likely N-dealkylation sites (tertiary alicyclic amines) is 2. The van der Waals surface area contributed by atoms with E-state index in [1.165, 1.54) is 4.90 Å². The highest BCUT2D eigenvalue weighted by Gasteiger charge is 2.41. The van der Waals surface area contributed by atoms with Crippen LogP contribution in [-0.2, 0) is 51.1 Å². The summed E-state index contributed by atoms with van der Waals surface area (Å²) >= 11 is 0. The Morgan fingerprint density at radius 2 is 1.32 bits per heavy atom. The van der Waals surface area contributed by atoms with Gasteiger partial charge < -0.3 is 45.6 Å². The first-order valence-electron chi connectivity index (χ1n) is 20.0. The number of aliphatic hydroxyl groups excluding tert-OH is 1. The molecule has 2 fully saturated rings. The molecule has 6 amide bonds. The predicted octanol–water partition coefficient (Wildman–Crippen LogP) is 1.89. The van der Waals surface area contributed by atoms with Crippen molar-refractivity contribution < 1.29 is 48.1 Å². The molecule has 0 aromatic heterocycles. The minimum Gasteiger partial charge on any atom is -0.482 e. The number of rotatable bonds is 15. The van der Waals surface area contributed by atoms with Crippen LogP contribution in [0, 0.1) is 0 Å². The number of anilines is 1. The lowest BCUT2D eigenvalue weighted by atomic mass is 9.99. The van der Waals surface area contributed by atoms with Crippen LogP contribution < -0.4 is 26.0 Å². The van der Waals surface area contributed by atoms with Gasteiger partial charge in [0.2, 0.25) is 17.7 Å². The number of benzene rings is 3. The lowest BCUT2D eigenvalue weighted by molar-refractivity contribution is -0.159. The van der Waals surface area contributed by atoms with Gasteiger partial charge in [0.25, 0.3) is 11.8 Å². The van der Waals surface area contributed by atoms with Crippen molar-refractivity contribution in [1.29, 1.82) is 0 Å². The number of ether oxygens (including phenoxy) is 2. The molecule has 16 heteroatoms. The van der Waals surface area contributed by atoms with E-state index in [0.29, 0.717) is 19.3 Å². The van der Waals surface area contributed by atoms with Crippen molar-refractivity contribution in [3.05, 3.63) is 96.1 Å². The zero-order chi connectivity index (χ0) is 43.4. The van der Waals surface area contributed by atoms with E-state index in [0.717, 1.165) is 23.1 Å². The van der Waals surface area contributed by atoms with Gasteiger partial charge in [0.1, 0.15) is 23.9 Å². The molecule has 2 saturated heterocycles. The maximum atomic E-state index is 13.9. The SMILES string of the molecule is COC(=O)C(=O)N1CCC[C@H]1C(=O)N[C@H](Cc1ccccc1)C(=O)Nc1ccccc1OCC(=O)N[C@@H](Cc1ccccc1)[C@H](O)C(=O)N1CCC[C@H]1C(=O)NC(C)(C)C. The number of aliphatic hydroxyl groups is 1. The normalized spacial score (nSPS) is 17.8. The van der Waals surface area contributed by atoms with Gasteiger partial charge in [-0.15, -0.1) is 0 Å². The summed E-state index contributed by atoms with van der Waals surface area (Å²) in [5.41, 5.74) is 1.16. The molecular weight excluding hydrogens is 773 g/mol. The number of amides is 6. The molecule has 0 unspecified atom stereocenters. The molecule has 5 rings (SSSR count). The Balaban J connectivity index is 1.27.